The molecule has 0 N–H and O–H groups in total. The number of nitrogens with zero attached hydrogens (tertiary/aromatic N) is 2. The zero-order chi connectivity index (χ0) is 11.4. The van der Waals surface area contributed by atoms with Crippen LogP contribution in [0.25, 0.3) is 0 Å². The lowest BCUT2D eigenvalue weighted by molar-refractivity contribution is 0.515. The molecule has 1 heterocycles. The molecule has 16 heavy (non-hydrogen) atoms. The van der Waals surface area contributed by atoms with Gasteiger partial charge in [0.05, 0.1) is 0 Å². The molecule has 0 spiro atoms. The van der Waals surface area contributed by atoms with Gasteiger partial charge < -0.3 is 4.57 Å². The highest BCUT2D eigenvalue weighted by molar-refractivity contribution is 7.99. The van der Waals surface area contributed by atoms with Crippen LogP contribution in [-0.2, 0) is 6.54 Å². The summed E-state index contributed by atoms with van der Waals surface area (Å²) in [6.45, 7) is 2.70. The van der Waals surface area contributed by atoms with Crippen LogP contribution in [0.5, 0.6) is 0 Å². The largest absolute Gasteiger partial charge is 0.312 e. The third-order valence-corrected chi connectivity index (χ3v) is 4.36. The van der Waals surface area contributed by atoms with Gasteiger partial charge in [-0.15, -0.1) is 0 Å². The van der Waals surface area contributed by atoms with E-state index >= 15 is 0 Å². The lowest BCUT2D eigenvalue weighted by Crippen LogP contribution is -2.22. The maximum Gasteiger partial charge on any atom is 0.283 e. The molecule has 0 aromatic carbocycles. The average molecular weight is 238 g/mol. The Morgan fingerprint density at radius 2 is 2.19 bits per heavy atom. The van der Waals surface area contributed by atoms with Gasteiger partial charge in [0.25, 0.3) is 5.56 Å². The molecular weight excluding hydrogens is 220 g/mol. The lowest BCUT2D eigenvalue weighted by Gasteiger charge is -2.20. The molecule has 1 aromatic heterocycles. The van der Waals surface area contributed by atoms with Crippen LogP contribution >= 0.6 is 11.8 Å². The fraction of sp³-hybridized carbons (Fsp3) is 0.667. The van der Waals surface area contributed by atoms with Crippen molar-refractivity contribution in [3.63, 3.8) is 0 Å². The number of rotatable bonds is 3. The summed E-state index contributed by atoms with van der Waals surface area (Å²) in [6, 6.07) is 0. The first-order valence-corrected chi connectivity index (χ1v) is 6.91. The topological polar surface area (TPSA) is 34.9 Å². The van der Waals surface area contributed by atoms with Crippen molar-refractivity contribution >= 4 is 11.8 Å². The van der Waals surface area contributed by atoms with Crippen molar-refractivity contribution < 1.29 is 0 Å². The zero-order valence-corrected chi connectivity index (χ0v) is 10.5. The molecule has 0 atom stereocenters. The van der Waals surface area contributed by atoms with Crippen LogP contribution in [-0.4, -0.2) is 14.8 Å². The zero-order valence-electron chi connectivity index (χ0n) is 9.69. The molecule has 88 valence electrons. The summed E-state index contributed by atoms with van der Waals surface area (Å²) in [7, 11) is 0. The van der Waals surface area contributed by atoms with E-state index in [0.717, 1.165) is 6.54 Å². The Balaban J connectivity index is 2.11. The van der Waals surface area contributed by atoms with E-state index in [9.17, 15) is 4.79 Å². The minimum absolute atomic E-state index is 0.0700. The van der Waals surface area contributed by atoms with Crippen molar-refractivity contribution in [3.05, 3.63) is 22.7 Å². The van der Waals surface area contributed by atoms with Crippen LogP contribution in [0.1, 0.15) is 39.0 Å². The van der Waals surface area contributed by atoms with Crippen LogP contribution < -0.4 is 5.56 Å². The highest BCUT2D eigenvalue weighted by Gasteiger charge is 2.17. The van der Waals surface area contributed by atoms with E-state index in [-0.39, 0.29) is 5.56 Å². The molecule has 0 saturated heterocycles. The van der Waals surface area contributed by atoms with Crippen molar-refractivity contribution in [2.45, 2.75) is 55.8 Å². The van der Waals surface area contributed by atoms with Gasteiger partial charge in [-0.1, -0.05) is 31.0 Å². The Bertz CT molecular complexity index is 396. The van der Waals surface area contributed by atoms with Crippen LogP contribution in [0, 0.1) is 0 Å². The molecule has 0 aliphatic heterocycles. The summed E-state index contributed by atoms with van der Waals surface area (Å²) in [4.78, 5) is 16.2. The van der Waals surface area contributed by atoms with E-state index in [1.54, 1.807) is 28.7 Å². The number of hydrogen-bond donors (Lipinski definition) is 0. The van der Waals surface area contributed by atoms with Gasteiger partial charge in [-0.05, 0) is 19.8 Å². The van der Waals surface area contributed by atoms with Crippen LogP contribution in [0.3, 0.4) is 0 Å². The van der Waals surface area contributed by atoms with E-state index in [2.05, 4.69) is 4.98 Å². The molecular formula is C12H18N2OS. The summed E-state index contributed by atoms with van der Waals surface area (Å²) in [5.41, 5.74) is 0.0700. The van der Waals surface area contributed by atoms with Gasteiger partial charge in [0.1, 0.15) is 0 Å². The Morgan fingerprint density at radius 1 is 1.44 bits per heavy atom. The fourth-order valence-electron chi connectivity index (χ4n) is 2.10. The standard InChI is InChI=1S/C12H18N2OS/c1-2-14-9-8-13-11(12(14)15)16-10-6-4-3-5-7-10/h8-10H,2-7H2,1H3. The maximum atomic E-state index is 12.0. The smallest absolute Gasteiger partial charge is 0.283 e. The van der Waals surface area contributed by atoms with Crippen LogP contribution in [0.15, 0.2) is 22.2 Å². The van der Waals surface area contributed by atoms with Gasteiger partial charge in [-0.2, -0.15) is 0 Å². The second kappa shape index (κ2) is 5.53. The molecule has 0 amide bonds. The Morgan fingerprint density at radius 3 is 2.88 bits per heavy atom. The van der Waals surface area contributed by atoms with Gasteiger partial charge in [0.2, 0.25) is 0 Å². The fourth-order valence-corrected chi connectivity index (χ4v) is 3.32. The molecule has 1 aliphatic carbocycles. The van der Waals surface area contributed by atoms with E-state index in [1.165, 1.54) is 32.1 Å². The highest BCUT2D eigenvalue weighted by Crippen LogP contribution is 2.30. The molecule has 0 radical (unpaired) electrons. The number of aromatic nitrogens is 2. The molecule has 1 saturated carbocycles. The highest BCUT2D eigenvalue weighted by atomic mass is 32.2. The van der Waals surface area contributed by atoms with E-state index in [4.69, 9.17) is 0 Å². The molecule has 0 unspecified atom stereocenters. The van der Waals surface area contributed by atoms with Gasteiger partial charge in [0.15, 0.2) is 5.03 Å². The van der Waals surface area contributed by atoms with E-state index in [0.29, 0.717) is 10.3 Å². The second-order valence-electron chi connectivity index (χ2n) is 4.20. The Kier molecular flexibility index (Phi) is 4.04. The minimum Gasteiger partial charge on any atom is -0.312 e. The van der Waals surface area contributed by atoms with Crippen molar-refractivity contribution in [3.8, 4) is 0 Å². The van der Waals surface area contributed by atoms with E-state index in [1.807, 2.05) is 6.92 Å². The summed E-state index contributed by atoms with van der Waals surface area (Å²) >= 11 is 1.68. The van der Waals surface area contributed by atoms with E-state index < -0.39 is 0 Å². The normalized spacial score (nSPS) is 17.6. The lowest BCUT2D eigenvalue weighted by atomic mass is 10.0. The summed E-state index contributed by atoms with van der Waals surface area (Å²) in [6.07, 6.45) is 9.89. The summed E-state index contributed by atoms with van der Waals surface area (Å²) in [5.74, 6) is 0. The quantitative estimate of drug-likeness (QED) is 0.812. The Labute approximate surface area is 100 Å². The van der Waals surface area contributed by atoms with Crippen molar-refractivity contribution in [1.82, 2.24) is 9.55 Å². The number of thioether (sulfide) groups is 1. The van der Waals surface area contributed by atoms with Gasteiger partial charge in [-0.3, -0.25) is 4.79 Å². The predicted molar refractivity (Wildman–Crippen MR) is 66.9 cm³/mol. The summed E-state index contributed by atoms with van der Waals surface area (Å²) in [5, 5.41) is 1.28. The molecule has 1 aromatic rings. The first-order chi connectivity index (χ1) is 7.81. The van der Waals surface area contributed by atoms with Crippen LogP contribution in [0.4, 0.5) is 0 Å². The third kappa shape index (κ3) is 2.67. The minimum atomic E-state index is 0.0700. The molecule has 4 heteroatoms. The molecule has 1 aliphatic rings. The molecule has 0 bridgehead atoms. The average Bonchev–Trinajstić information content (AvgIpc) is 2.33. The van der Waals surface area contributed by atoms with Crippen molar-refractivity contribution in [2.75, 3.05) is 0 Å². The van der Waals surface area contributed by atoms with Crippen LogP contribution in [0.2, 0.25) is 0 Å². The molecule has 1 fully saturated rings. The maximum absolute atomic E-state index is 12.0. The first-order valence-electron chi connectivity index (χ1n) is 6.03. The predicted octanol–water partition coefficient (Wildman–Crippen LogP) is 2.69. The van der Waals surface area contributed by atoms with Gasteiger partial charge in [0, 0.05) is 24.2 Å². The molecule has 3 nitrogen and oxygen atoms in total. The monoisotopic (exact) mass is 238 g/mol. The third-order valence-electron chi connectivity index (χ3n) is 3.05. The van der Waals surface area contributed by atoms with Gasteiger partial charge in [-0.25, -0.2) is 4.98 Å². The van der Waals surface area contributed by atoms with Crippen molar-refractivity contribution in [1.29, 1.82) is 0 Å². The van der Waals surface area contributed by atoms with Gasteiger partial charge >= 0.3 is 0 Å². The summed E-state index contributed by atoms with van der Waals surface area (Å²) < 4.78 is 1.72. The van der Waals surface area contributed by atoms with Crippen molar-refractivity contribution in [2.24, 2.45) is 0 Å². The number of aryl methyl sites for hydroxylation is 1. The number of hydrogen-bond acceptors (Lipinski definition) is 3. The second-order valence-corrected chi connectivity index (χ2v) is 5.49. The molecule has 2 rings (SSSR count). The first kappa shape index (κ1) is 11.7. The SMILES string of the molecule is CCn1ccnc(SC2CCCCC2)c1=O. The Hall–Kier alpha value is -0.770.